The predicted molar refractivity (Wildman–Crippen MR) is 108 cm³/mol. The lowest BCUT2D eigenvalue weighted by atomic mass is 10.2. The fraction of sp³-hybridized carbons (Fsp3) is 0.474. The Labute approximate surface area is 170 Å². The minimum absolute atomic E-state index is 0.176. The Hall–Kier alpha value is -2.45. The van der Waals surface area contributed by atoms with Gasteiger partial charge >= 0.3 is 0 Å². The van der Waals surface area contributed by atoms with Crippen LogP contribution < -0.4 is 5.32 Å². The number of rotatable bonds is 8. The maximum Gasteiger partial charge on any atom is 0.243 e. The number of morpholine rings is 1. The number of aromatic nitrogens is 1. The minimum atomic E-state index is -3.56. The Morgan fingerprint density at radius 2 is 1.93 bits per heavy atom. The van der Waals surface area contributed by atoms with E-state index in [1.54, 1.807) is 12.1 Å². The van der Waals surface area contributed by atoms with Gasteiger partial charge in [0.2, 0.25) is 27.5 Å². The van der Waals surface area contributed by atoms with E-state index >= 15 is 0 Å². The number of benzene rings is 1. The van der Waals surface area contributed by atoms with Crippen LogP contribution in [0.1, 0.15) is 12.1 Å². The van der Waals surface area contributed by atoms with E-state index in [9.17, 15) is 13.7 Å². The largest absolute Gasteiger partial charge is 0.419 e. The Balaban J connectivity index is 1.73. The molecule has 156 valence electrons. The van der Waals surface area contributed by atoms with Gasteiger partial charge in [0, 0.05) is 25.2 Å². The van der Waals surface area contributed by atoms with Crippen molar-refractivity contribution in [2.24, 2.45) is 0 Å². The van der Waals surface area contributed by atoms with Crippen LogP contribution in [0.4, 0.5) is 5.88 Å². The molecule has 1 aromatic heterocycles. The van der Waals surface area contributed by atoms with E-state index in [-0.39, 0.29) is 16.5 Å². The van der Waals surface area contributed by atoms with Crippen molar-refractivity contribution >= 4 is 15.9 Å². The number of nitrogens with zero attached hydrogens (tertiary/aromatic N) is 4. The standard InChI is InChI=1S/C19H25N5O4S/c1-23(2)9-3-8-21-19-17(14-20)22-18(28-19)15-4-6-16(7-5-15)29(25,26)24-10-12-27-13-11-24/h4-7,21H,3,8-13H2,1-2H3. The van der Waals surface area contributed by atoms with Crippen LogP contribution in [0.2, 0.25) is 0 Å². The van der Waals surface area contributed by atoms with E-state index in [1.807, 2.05) is 20.2 Å². The Kier molecular flexibility index (Phi) is 6.87. The number of hydrogen-bond acceptors (Lipinski definition) is 8. The first kappa shape index (κ1) is 21.3. The monoisotopic (exact) mass is 419 g/mol. The number of sulfonamides is 1. The molecule has 0 radical (unpaired) electrons. The van der Waals surface area contributed by atoms with E-state index in [4.69, 9.17) is 9.15 Å². The van der Waals surface area contributed by atoms with Crippen molar-refractivity contribution in [2.75, 3.05) is 58.8 Å². The molecule has 1 fully saturated rings. The lowest BCUT2D eigenvalue weighted by Crippen LogP contribution is -2.40. The van der Waals surface area contributed by atoms with Crippen molar-refractivity contribution in [1.29, 1.82) is 5.26 Å². The lowest BCUT2D eigenvalue weighted by molar-refractivity contribution is 0.0730. The van der Waals surface area contributed by atoms with Crippen LogP contribution in [0.25, 0.3) is 11.5 Å². The summed E-state index contributed by atoms with van der Waals surface area (Å²) >= 11 is 0. The first-order valence-electron chi connectivity index (χ1n) is 9.39. The molecule has 0 amide bonds. The summed E-state index contributed by atoms with van der Waals surface area (Å²) in [6.07, 6.45) is 0.891. The Morgan fingerprint density at radius 1 is 1.24 bits per heavy atom. The van der Waals surface area contributed by atoms with E-state index < -0.39 is 10.0 Å². The SMILES string of the molecule is CN(C)CCCNc1oc(-c2ccc(S(=O)(=O)N3CCOCC3)cc2)nc1C#N. The molecule has 2 heterocycles. The fourth-order valence-electron chi connectivity index (χ4n) is 2.94. The average Bonchev–Trinajstić information content (AvgIpc) is 3.15. The molecule has 0 aliphatic carbocycles. The van der Waals surface area contributed by atoms with Gasteiger partial charge in [-0.1, -0.05) is 0 Å². The lowest BCUT2D eigenvalue weighted by Gasteiger charge is -2.26. The average molecular weight is 420 g/mol. The second kappa shape index (κ2) is 9.37. The summed E-state index contributed by atoms with van der Waals surface area (Å²) in [5, 5.41) is 12.4. The molecule has 0 unspecified atom stereocenters. The smallest absolute Gasteiger partial charge is 0.243 e. The normalized spacial score (nSPS) is 15.4. The molecule has 9 nitrogen and oxygen atoms in total. The maximum atomic E-state index is 12.7. The fourth-order valence-corrected chi connectivity index (χ4v) is 4.35. The van der Waals surface area contributed by atoms with Gasteiger partial charge in [-0.3, -0.25) is 0 Å². The van der Waals surface area contributed by atoms with E-state index in [0.29, 0.717) is 44.3 Å². The topological polar surface area (TPSA) is 112 Å². The maximum absolute atomic E-state index is 12.7. The number of hydrogen-bond donors (Lipinski definition) is 1. The molecular weight excluding hydrogens is 394 g/mol. The number of anilines is 1. The van der Waals surface area contributed by atoms with Crippen molar-refractivity contribution in [1.82, 2.24) is 14.2 Å². The quantitative estimate of drug-likeness (QED) is 0.642. The summed E-state index contributed by atoms with van der Waals surface area (Å²) in [6.45, 7) is 3.05. The first-order valence-corrected chi connectivity index (χ1v) is 10.8. The zero-order valence-electron chi connectivity index (χ0n) is 16.6. The Morgan fingerprint density at radius 3 is 2.55 bits per heavy atom. The molecule has 29 heavy (non-hydrogen) atoms. The van der Waals surface area contributed by atoms with Crippen molar-refractivity contribution < 1.29 is 17.6 Å². The molecule has 0 saturated carbocycles. The molecule has 1 N–H and O–H groups in total. The van der Waals surface area contributed by atoms with E-state index in [1.165, 1.54) is 16.4 Å². The van der Waals surface area contributed by atoms with E-state index in [0.717, 1.165) is 13.0 Å². The molecule has 1 aromatic carbocycles. The van der Waals surface area contributed by atoms with Crippen LogP contribution >= 0.6 is 0 Å². The van der Waals surface area contributed by atoms with Crippen LogP contribution in [-0.2, 0) is 14.8 Å². The van der Waals surface area contributed by atoms with Gasteiger partial charge in [-0.25, -0.2) is 8.42 Å². The molecule has 0 bridgehead atoms. The van der Waals surface area contributed by atoms with Crippen molar-refractivity contribution in [3.05, 3.63) is 30.0 Å². The van der Waals surface area contributed by atoms with Crippen LogP contribution in [0, 0.1) is 11.3 Å². The number of nitriles is 1. The third-order valence-corrected chi connectivity index (χ3v) is 6.42. The third kappa shape index (κ3) is 5.13. The van der Waals surface area contributed by atoms with Gasteiger partial charge in [-0.2, -0.15) is 14.6 Å². The van der Waals surface area contributed by atoms with Gasteiger partial charge in [0.05, 0.1) is 18.1 Å². The van der Waals surface area contributed by atoms with Crippen molar-refractivity contribution in [2.45, 2.75) is 11.3 Å². The second-order valence-corrected chi connectivity index (χ2v) is 8.87. The summed E-state index contributed by atoms with van der Waals surface area (Å²) in [4.78, 5) is 6.50. The Bertz CT molecular complexity index is 957. The van der Waals surface area contributed by atoms with Gasteiger partial charge in [0.1, 0.15) is 6.07 Å². The molecule has 0 spiro atoms. The van der Waals surface area contributed by atoms with Crippen molar-refractivity contribution in [3.8, 4) is 17.5 Å². The number of nitrogens with one attached hydrogen (secondary N) is 1. The molecular formula is C19H25N5O4S. The molecule has 10 heteroatoms. The van der Waals surface area contributed by atoms with Crippen molar-refractivity contribution in [3.63, 3.8) is 0 Å². The predicted octanol–water partition coefficient (Wildman–Crippen LogP) is 1.60. The number of ether oxygens (including phenoxy) is 1. The highest BCUT2D eigenvalue weighted by atomic mass is 32.2. The molecule has 1 saturated heterocycles. The molecule has 2 aromatic rings. The molecule has 0 atom stereocenters. The third-order valence-electron chi connectivity index (χ3n) is 4.51. The summed E-state index contributed by atoms with van der Waals surface area (Å²) in [7, 11) is 0.435. The van der Waals surface area contributed by atoms with Gasteiger partial charge in [0.15, 0.2) is 0 Å². The highest BCUT2D eigenvalue weighted by molar-refractivity contribution is 7.89. The summed E-state index contributed by atoms with van der Waals surface area (Å²) < 4.78 is 37.8. The highest BCUT2D eigenvalue weighted by Gasteiger charge is 2.26. The van der Waals surface area contributed by atoms with Crippen LogP contribution in [0.5, 0.6) is 0 Å². The molecule has 1 aliphatic rings. The van der Waals surface area contributed by atoms with Gasteiger partial charge in [-0.15, -0.1) is 0 Å². The van der Waals surface area contributed by atoms with Crippen LogP contribution in [0.3, 0.4) is 0 Å². The number of oxazole rings is 1. The summed E-state index contributed by atoms with van der Waals surface area (Å²) in [5.41, 5.74) is 0.777. The zero-order chi connectivity index (χ0) is 20.9. The molecule has 3 rings (SSSR count). The zero-order valence-corrected chi connectivity index (χ0v) is 17.4. The van der Waals surface area contributed by atoms with Gasteiger partial charge in [0.25, 0.3) is 0 Å². The van der Waals surface area contributed by atoms with Crippen LogP contribution in [-0.4, -0.2) is 76.1 Å². The molecule has 1 aliphatic heterocycles. The van der Waals surface area contributed by atoms with Crippen LogP contribution in [0.15, 0.2) is 33.6 Å². The first-order chi connectivity index (χ1) is 13.9. The minimum Gasteiger partial charge on any atom is -0.419 e. The summed E-state index contributed by atoms with van der Waals surface area (Å²) in [5.74, 6) is 0.596. The van der Waals surface area contributed by atoms with E-state index in [2.05, 4.69) is 15.2 Å². The van der Waals surface area contributed by atoms with Gasteiger partial charge < -0.3 is 19.4 Å². The van der Waals surface area contributed by atoms with Gasteiger partial charge in [-0.05, 0) is 51.3 Å². The second-order valence-electron chi connectivity index (χ2n) is 6.93. The summed E-state index contributed by atoms with van der Waals surface area (Å²) in [6, 6.07) is 8.35. The highest BCUT2D eigenvalue weighted by Crippen LogP contribution is 2.27.